The van der Waals surface area contributed by atoms with E-state index in [0.29, 0.717) is 17.4 Å². The molecule has 1 unspecified atom stereocenters. The second-order valence-electron chi connectivity index (χ2n) is 7.96. The lowest BCUT2D eigenvalue weighted by atomic mass is 9.81. The fraction of sp³-hybridized carbons (Fsp3) is 0.824. The minimum Gasteiger partial charge on any atom is -0.309 e. The molecule has 0 saturated carbocycles. The first-order valence-electron chi connectivity index (χ1n) is 7.66. The van der Waals surface area contributed by atoms with Crippen molar-refractivity contribution in [3.8, 4) is 0 Å². The molecular formula is C17H32N2S. The largest absolute Gasteiger partial charge is 0.309 e. The molecule has 0 spiro atoms. The Kier molecular flexibility index (Phi) is 5.42. The topological polar surface area (TPSA) is 24.9 Å². The Balaban J connectivity index is 2.79. The second kappa shape index (κ2) is 6.15. The SMILES string of the molecule is Cc1nc(C(C)(C)C)sc1C(C)NCC(C)(C)C(C)C. The van der Waals surface area contributed by atoms with Crippen LogP contribution < -0.4 is 5.32 Å². The van der Waals surface area contributed by atoms with E-state index in [0.717, 1.165) is 6.54 Å². The van der Waals surface area contributed by atoms with Gasteiger partial charge < -0.3 is 5.32 Å². The van der Waals surface area contributed by atoms with Crippen molar-refractivity contribution in [1.29, 1.82) is 0 Å². The first kappa shape index (κ1) is 17.6. The van der Waals surface area contributed by atoms with Crippen LogP contribution in [-0.4, -0.2) is 11.5 Å². The van der Waals surface area contributed by atoms with Crippen molar-refractivity contribution in [2.45, 2.75) is 73.8 Å². The third kappa shape index (κ3) is 4.29. The van der Waals surface area contributed by atoms with Gasteiger partial charge in [-0.1, -0.05) is 48.5 Å². The Hall–Kier alpha value is -0.410. The molecule has 1 aromatic rings. The molecule has 0 bridgehead atoms. The van der Waals surface area contributed by atoms with Gasteiger partial charge in [-0.25, -0.2) is 4.98 Å². The number of nitrogens with one attached hydrogen (secondary N) is 1. The quantitative estimate of drug-likeness (QED) is 0.819. The van der Waals surface area contributed by atoms with Crippen LogP contribution in [-0.2, 0) is 5.41 Å². The van der Waals surface area contributed by atoms with Crippen molar-refractivity contribution in [3.63, 3.8) is 0 Å². The predicted octanol–water partition coefficient (Wildman–Crippen LogP) is 5.08. The molecule has 0 aliphatic heterocycles. The van der Waals surface area contributed by atoms with Gasteiger partial charge in [0.2, 0.25) is 0 Å². The summed E-state index contributed by atoms with van der Waals surface area (Å²) in [7, 11) is 0. The number of hydrogen-bond acceptors (Lipinski definition) is 3. The first-order valence-corrected chi connectivity index (χ1v) is 8.48. The zero-order chi connectivity index (χ0) is 15.7. The van der Waals surface area contributed by atoms with Crippen LogP contribution in [0.3, 0.4) is 0 Å². The molecule has 0 aromatic carbocycles. The molecule has 1 rings (SSSR count). The molecule has 0 saturated heterocycles. The number of aromatic nitrogens is 1. The third-order valence-electron chi connectivity index (χ3n) is 4.29. The van der Waals surface area contributed by atoms with Crippen LogP contribution in [0.5, 0.6) is 0 Å². The molecule has 0 aliphatic rings. The van der Waals surface area contributed by atoms with E-state index in [1.165, 1.54) is 15.6 Å². The fourth-order valence-electron chi connectivity index (χ4n) is 1.84. The van der Waals surface area contributed by atoms with Gasteiger partial charge in [-0.15, -0.1) is 11.3 Å². The molecule has 1 aromatic heterocycles. The second-order valence-corrected chi connectivity index (χ2v) is 9.00. The van der Waals surface area contributed by atoms with Crippen LogP contribution in [0.2, 0.25) is 0 Å². The highest BCUT2D eigenvalue weighted by Gasteiger charge is 2.25. The highest BCUT2D eigenvalue weighted by Crippen LogP contribution is 2.33. The van der Waals surface area contributed by atoms with Gasteiger partial charge in [-0.2, -0.15) is 0 Å². The maximum atomic E-state index is 4.76. The van der Waals surface area contributed by atoms with Gasteiger partial charge in [0.15, 0.2) is 0 Å². The summed E-state index contributed by atoms with van der Waals surface area (Å²) in [5, 5.41) is 4.93. The summed E-state index contributed by atoms with van der Waals surface area (Å²) in [6.07, 6.45) is 0. The molecule has 0 fully saturated rings. The van der Waals surface area contributed by atoms with E-state index >= 15 is 0 Å². The molecule has 2 nitrogen and oxygen atoms in total. The number of rotatable bonds is 5. The highest BCUT2D eigenvalue weighted by molar-refractivity contribution is 7.12. The molecule has 1 heterocycles. The minimum absolute atomic E-state index is 0.143. The Labute approximate surface area is 129 Å². The lowest BCUT2D eigenvalue weighted by molar-refractivity contribution is 0.231. The molecular weight excluding hydrogens is 264 g/mol. The van der Waals surface area contributed by atoms with Crippen molar-refractivity contribution in [3.05, 3.63) is 15.6 Å². The van der Waals surface area contributed by atoms with Crippen LogP contribution >= 0.6 is 11.3 Å². The van der Waals surface area contributed by atoms with Crippen LogP contribution in [0.25, 0.3) is 0 Å². The Morgan fingerprint density at radius 1 is 1.10 bits per heavy atom. The normalized spacial score (nSPS) is 14.9. The maximum Gasteiger partial charge on any atom is 0.0985 e. The number of thiazole rings is 1. The van der Waals surface area contributed by atoms with Crippen molar-refractivity contribution < 1.29 is 0 Å². The first-order chi connectivity index (χ1) is 8.95. The lowest BCUT2D eigenvalue weighted by Gasteiger charge is -2.31. The summed E-state index contributed by atoms with van der Waals surface area (Å²) >= 11 is 1.86. The summed E-state index contributed by atoms with van der Waals surface area (Å²) in [5.74, 6) is 0.676. The van der Waals surface area contributed by atoms with Crippen LogP contribution in [0, 0.1) is 18.3 Å². The molecule has 3 heteroatoms. The molecule has 0 amide bonds. The van der Waals surface area contributed by atoms with Gasteiger partial charge in [0.25, 0.3) is 0 Å². The van der Waals surface area contributed by atoms with Crippen molar-refractivity contribution in [2.24, 2.45) is 11.3 Å². The zero-order valence-corrected chi connectivity index (χ0v) is 15.5. The highest BCUT2D eigenvalue weighted by atomic mass is 32.1. The van der Waals surface area contributed by atoms with E-state index in [-0.39, 0.29) is 5.41 Å². The Morgan fingerprint density at radius 3 is 2.05 bits per heavy atom. The summed E-state index contributed by atoms with van der Waals surface area (Å²) in [6, 6.07) is 0.377. The summed E-state index contributed by atoms with van der Waals surface area (Å²) in [4.78, 5) is 6.14. The van der Waals surface area contributed by atoms with Gasteiger partial charge >= 0.3 is 0 Å². The van der Waals surface area contributed by atoms with E-state index in [2.05, 4.69) is 67.6 Å². The van der Waals surface area contributed by atoms with Crippen molar-refractivity contribution >= 4 is 11.3 Å². The Morgan fingerprint density at radius 2 is 1.65 bits per heavy atom. The van der Waals surface area contributed by atoms with Crippen molar-refractivity contribution in [1.82, 2.24) is 10.3 Å². The Bertz CT molecular complexity index is 438. The third-order valence-corrected chi connectivity index (χ3v) is 6.06. The van der Waals surface area contributed by atoms with E-state index < -0.39 is 0 Å². The van der Waals surface area contributed by atoms with Crippen LogP contribution in [0.4, 0.5) is 0 Å². The summed E-state index contributed by atoms with van der Waals surface area (Å²) in [6.45, 7) is 21.4. The van der Waals surface area contributed by atoms with E-state index in [9.17, 15) is 0 Å². The molecule has 1 atom stereocenters. The van der Waals surface area contributed by atoms with Gasteiger partial charge in [0.1, 0.15) is 0 Å². The number of aryl methyl sites for hydroxylation is 1. The summed E-state index contributed by atoms with van der Waals surface area (Å²) < 4.78 is 0. The van der Waals surface area contributed by atoms with Gasteiger partial charge in [0, 0.05) is 22.9 Å². The zero-order valence-electron chi connectivity index (χ0n) is 14.7. The van der Waals surface area contributed by atoms with E-state index in [1.54, 1.807) is 0 Å². The number of hydrogen-bond donors (Lipinski definition) is 1. The minimum atomic E-state index is 0.143. The van der Waals surface area contributed by atoms with Crippen LogP contribution in [0.1, 0.15) is 77.0 Å². The van der Waals surface area contributed by atoms with Crippen molar-refractivity contribution in [2.75, 3.05) is 6.54 Å². The maximum absolute atomic E-state index is 4.76. The number of nitrogens with zero attached hydrogens (tertiary/aromatic N) is 1. The van der Waals surface area contributed by atoms with Gasteiger partial charge in [-0.3, -0.25) is 0 Å². The lowest BCUT2D eigenvalue weighted by Crippen LogP contribution is -2.34. The fourth-order valence-corrected chi connectivity index (χ4v) is 2.99. The van der Waals surface area contributed by atoms with Gasteiger partial charge in [0.05, 0.1) is 10.7 Å². The van der Waals surface area contributed by atoms with Gasteiger partial charge in [-0.05, 0) is 25.2 Å². The summed E-state index contributed by atoms with van der Waals surface area (Å²) in [5.41, 5.74) is 1.65. The molecule has 0 aliphatic carbocycles. The van der Waals surface area contributed by atoms with E-state index in [4.69, 9.17) is 4.98 Å². The average Bonchev–Trinajstić information content (AvgIpc) is 2.68. The standard InChI is InChI=1S/C17H32N2S/c1-11(2)17(8,9)10-18-12(3)14-13(4)19-15(20-14)16(5,6)7/h11-12,18H,10H2,1-9H3. The average molecular weight is 297 g/mol. The van der Waals surface area contributed by atoms with E-state index in [1.807, 2.05) is 11.3 Å². The molecule has 0 radical (unpaired) electrons. The molecule has 1 N–H and O–H groups in total. The van der Waals surface area contributed by atoms with Crippen LogP contribution in [0.15, 0.2) is 0 Å². The predicted molar refractivity (Wildman–Crippen MR) is 90.6 cm³/mol. The molecule has 20 heavy (non-hydrogen) atoms. The molecule has 116 valence electrons. The smallest absolute Gasteiger partial charge is 0.0985 e. The monoisotopic (exact) mass is 296 g/mol.